The number of nitrogens with one attached hydrogen (secondary N) is 1. The number of ether oxygens (including phenoxy) is 3. The Hall–Kier alpha value is -3.02. The van der Waals surface area contributed by atoms with Crippen LogP contribution in [0.1, 0.15) is 30.6 Å². The van der Waals surface area contributed by atoms with E-state index in [2.05, 4.69) is 5.32 Å². The lowest BCUT2D eigenvalue weighted by Crippen LogP contribution is -2.33. The Kier molecular flexibility index (Phi) is 7.02. The van der Waals surface area contributed by atoms with E-state index in [9.17, 15) is 9.59 Å². The number of hydrogen-bond donors (Lipinski definition) is 1. The van der Waals surface area contributed by atoms with Crippen LogP contribution >= 0.6 is 0 Å². The number of anilines is 1. The summed E-state index contributed by atoms with van der Waals surface area (Å²) in [4.78, 5) is 24.7. The van der Waals surface area contributed by atoms with Crippen LogP contribution < -0.4 is 14.8 Å². The van der Waals surface area contributed by atoms with E-state index in [1.54, 1.807) is 56.5 Å². The minimum Gasteiger partial charge on any atom is -0.493 e. The van der Waals surface area contributed by atoms with E-state index < -0.39 is 12.1 Å². The minimum atomic E-state index is -0.735. The Balaban J connectivity index is 2.16. The molecule has 0 aliphatic carbocycles. The molecule has 1 N–H and O–H groups in total. The number of carbonyl (C=O) groups excluding carboxylic acids is 2. The third-order valence-electron chi connectivity index (χ3n) is 3.68. The molecule has 0 saturated heterocycles. The van der Waals surface area contributed by atoms with E-state index in [0.29, 0.717) is 29.2 Å². The van der Waals surface area contributed by atoms with E-state index in [0.717, 1.165) is 0 Å². The molecule has 26 heavy (non-hydrogen) atoms. The highest BCUT2D eigenvalue weighted by atomic mass is 16.5. The largest absolute Gasteiger partial charge is 0.493 e. The SMILES string of the molecule is CCOC(=O)c1ccccc1NC(=O)[C@@H](CC)Oc1ccccc1OC. The molecule has 138 valence electrons. The van der Waals surface area contributed by atoms with Gasteiger partial charge in [-0.15, -0.1) is 0 Å². The number of amides is 1. The highest BCUT2D eigenvalue weighted by molar-refractivity contribution is 6.02. The first kappa shape index (κ1) is 19.3. The van der Waals surface area contributed by atoms with Gasteiger partial charge >= 0.3 is 5.97 Å². The van der Waals surface area contributed by atoms with E-state index in [1.807, 2.05) is 13.0 Å². The molecule has 2 rings (SSSR count). The van der Waals surface area contributed by atoms with Crippen LogP contribution in [0.5, 0.6) is 11.5 Å². The minimum absolute atomic E-state index is 0.260. The summed E-state index contributed by atoms with van der Waals surface area (Å²) in [6.07, 6.45) is -0.285. The van der Waals surface area contributed by atoms with Gasteiger partial charge in [0.05, 0.1) is 25.0 Å². The van der Waals surface area contributed by atoms with Crippen LogP contribution in [0.4, 0.5) is 5.69 Å². The molecule has 6 heteroatoms. The molecule has 0 unspecified atom stereocenters. The zero-order valence-corrected chi connectivity index (χ0v) is 15.2. The lowest BCUT2D eigenvalue weighted by atomic mass is 10.1. The van der Waals surface area contributed by atoms with Crippen molar-refractivity contribution in [2.75, 3.05) is 19.0 Å². The van der Waals surface area contributed by atoms with Crippen molar-refractivity contribution in [1.29, 1.82) is 0 Å². The Labute approximate surface area is 153 Å². The van der Waals surface area contributed by atoms with Crippen LogP contribution in [-0.4, -0.2) is 31.7 Å². The van der Waals surface area contributed by atoms with Crippen molar-refractivity contribution in [3.63, 3.8) is 0 Å². The van der Waals surface area contributed by atoms with Crippen LogP contribution in [0.15, 0.2) is 48.5 Å². The average Bonchev–Trinajstić information content (AvgIpc) is 2.66. The summed E-state index contributed by atoms with van der Waals surface area (Å²) in [6, 6.07) is 13.8. The van der Waals surface area contributed by atoms with Gasteiger partial charge in [0.1, 0.15) is 0 Å². The Morgan fingerprint density at radius 3 is 2.31 bits per heavy atom. The molecule has 2 aromatic rings. The maximum atomic E-state index is 12.7. The number of benzene rings is 2. The first-order valence-corrected chi connectivity index (χ1v) is 8.47. The third-order valence-corrected chi connectivity index (χ3v) is 3.68. The first-order chi connectivity index (χ1) is 12.6. The molecule has 0 aliphatic heterocycles. The zero-order valence-electron chi connectivity index (χ0n) is 15.2. The number of hydrogen-bond acceptors (Lipinski definition) is 5. The first-order valence-electron chi connectivity index (χ1n) is 8.47. The van der Waals surface area contributed by atoms with Gasteiger partial charge in [0.25, 0.3) is 5.91 Å². The summed E-state index contributed by atoms with van der Waals surface area (Å²) in [5.41, 5.74) is 0.688. The second-order valence-electron chi connectivity index (χ2n) is 5.42. The monoisotopic (exact) mass is 357 g/mol. The molecular weight excluding hydrogens is 334 g/mol. The summed E-state index contributed by atoms with van der Waals surface area (Å²) >= 11 is 0. The molecule has 0 fully saturated rings. The van der Waals surface area contributed by atoms with Crippen molar-refractivity contribution in [2.24, 2.45) is 0 Å². The van der Waals surface area contributed by atoms with Gasteiger partial charge in [-0.1, -0.05) is 31.2 Å². The molecule has 6 nitrogen and oxygen atoms in total. The molecule has 2 aromatic carbocycles. The van der Waals surface area contributed by atoms with Gasteiger partial charge in [0.15, 0.2) is 17.6 Å². The molecule has 0 heterocycles. The summed E-state index contributed by atoms with van der Waals surface area (Å²) in [5, 5.41) is 2.75. The van der Waals surface area contributed by atoms with Crippen molar-refractivity contribution in [3.8, 4) is 11.5 Å². The lowest BCUT2D eigenvalue weighted by Gasteiger charge is -2.19. The fraction of sp³-hybridized carbons (Fsp3) is 0.300. The normalized spacial score (nSPS) is 11.3. The van der Waals surface area contributed by atoms with Gasteiger partial charge < -0.3 is 19.5 Å². The Morgan fingerprint density at radius 1 is 1.00 bits per heavy atom. The molecule has 0 bridgehead atoms. The van der Waals surface area contributed by atoms with Gasteiger partial charge in [-0.05, 0) is 37.6 Å². The van der Waals surface area contributed by atoms with E-state index in [4.69, 9.17) is 14.2 Å². The van der Waals surface area contributed by atoms with Gasteiger partial charge in [0, 0.05) is 0 Å². The maximum absolute atomic E-state index is 12.7. The maximum Gasteiger partial charge on any atom is 0.340 e. The van der Waals surface area contributed by atoms with Gasteiger partial charge in [0.2, 0.25) is 0 Å². The summed E-state index contributed by atoms with van der Waals surface area (Å²) < 4.78 is 16.1. The summed E-state index contributed by atoms with van der Waals surface area (Å²) in [7, 11) is 1.54. The topological polar surface area (TPSA) is 73.9 Å². The van der Waals surface area contributed by atoms with Crippen molar-refractivity contribution in [1.82, 2.24) is 0 Å². The van der Waals surface area contributed by atoms with Gasteiger partial charge in [-0.3, -0.25) is 4.79 Å². The number of carbonyl (C=O) groups is 2. The number of esters is 1. The van der Waals surface area contributed by atoms with Crippen molar-refractivity contribution in [2.45, 2.75) is 26.4 Å². The lowest BCUT2D eigenvalue weighted by molar-refractivity contribution is -0.122. The molecular formula is C20H23NO5. The average molecular weight is 357 g/mol. The Bertz CT molecular complexity index is 759. The second kappa shape index (κ2) is 9.46. The molecule has 0 aromatic heterocycles. The van der Waals surface area contributed by atoms with Crippen molar-refractivity contribution < 1.29 is 23.8 Å². The van der Waals surface area contributed by atoms with Gasteiger partial charge in [-0.25, -0.2) is 4.79 Å². The molecule has 0 spiro atoms. The smallest absolute Gasteiger partial charge is 0.340 e. The predicted molar refractivity (Wildman–Crippen MR) is 98.7 cm³/mol. The molecule has 1 amide bonds. The fourth-order valence-electron chi connectivity index (χ4n) is 2.38. The molecule has 1 atom stereocenters. The fourth-order valence-corrected chi connectivity index (χ4v) is 2.38. The second-order valence-corrected chi connectivity index (χ2v) is 5.42. The summed E-state index contributed by atoms with van der Waals surface area (Å²) in [6.45, 7) is 3.83. The number of methoxy groups -OCH3 is 1. The summed E-state index contributed by atoms with van der Waals surface area (Å²) in [5.74, 6) is 0.193. The standard InChI is InChI=1S/C20H23NO5/c1-4-16(26-18-13-9-8-12-17(18)24-3)19(22)21-15-11-7-6-10-14(15)20(23)25-5-2/h6-13,16H,4-5H2,1-3H3,(H,21,22)/t16-/m1/s1. The van der Waals surface area contributed by atoms with Crippen LogP contribution in [-0.2, 0) is 9.53 Å². The third kappa shape index (κ3) is 4.75. The molecule has 0 saturated carbocycles. The van der Waals surface area contributed by atoms with E-state index in [-0.39, 0.29) is 12.5 Å². The molecule has 0 radical (unpaired) electrons. The number of rotatable bonds is 8. The van der Waals surface area contributed by atoms with Crippen LogP contribution in [0.2, 0.25) is 0 Å². The van der Waals surface area contributed by atoms with E-state index >= 15 is 0 Å². The quantitative estimate of drug-likeness (QED) is 0.730. The van der Waals surface area contributed by atoms with Gasteiger partial charge in [-0.2, -0.15) is 0 Å². The molecule has 0 aliphatic rings. The number of para-hydroxylation sites is 3. The van der Waals surface area contributed by atoms with Crippen LogP contribution in [0, 0.1) is 0 Å². The zero-order chi connectivity index (χ0) is 18.9. The highest BCUT2D eigenvalue weighted by Crippen LogP contribution is 2.27. The van der Waals surface area contributed by atoms with E-state index in [1.165, 1.54) is 0 Å². The highest BCUT2D eigenvalue weighted by Gasteiger charge is 2.22. The predicted octanol–water partition coefficient (Wildman–Crippen LogP) is 3.67. The van der Waals surface area contributed by atoms with Crippen molar-refractivity contribution >= 4 is 17.6 Å². The van der Waals surface area contributed by atoms with Crippen LogP contribution in [0.3, 0.4) is 0 Å². The Morgan fingerprint density at radius 2 is 1.65 bits per heavy atom. The van der Waals surface area contributed by atoms with Crippen molar-refractivity contribution in [3.05, 3.63) is 54.1 Å². The van der Waals surface area contributed by atoms with Crippen LogP contribution in [0.25, 0.3) is 0 Å².